The lowest BCUT2D eigenvalue weighted by Gasteiger charge is -2.30. The first-order chi connectivity index (χ1) is 19.5. The van der Waals surface area contributed by atoms with Gasteiger partial charge in [-0.3, -0.25) is 29.0 Å². The van der Waals surface area contributed by atoms with Crippen LogP contribution in [0.5, 0.6) is 0 Å². The molecular weight excluding hydrogens is 508 g/mol. The molecule has 0 fully saturated rings. The number of nitrogens with zero attached hydrogens (tertiary/aromatic N) is 2. The summed E-state index contributed by atoms with van der Waals surface area (Å²) in [6, 6.07) is 14.5. The van der Waals surface area contributed by atoms with Crippen LogP contribution in [-0.4, -0.2) is 77.9 Å². The van der Waals surface area contributed by atoms with Crippen LogP contribution >= 0.6 is 0 Å². The van der Waals surface area contributed by atoms with Crippen LogP contribution < -0.4 is 11.1 Å². The summed E-state index contributed by atoms with van der Waals surface area (Å²) in [6.45, 7) is 1.78. The third-order valence-corrected chi connectivity index (χ3v) is 8.18. The van der Waals surface area contributed by atoms with Crippen LogP contribution in [0.25, 0.3) is 43.1 Å². The average Bonchev–Trinajstić information content (AvgIpc) is 2.97. The lowest BCUT2D eigenvalue weighted by molar-refractivity contribution is 0.0574. The highest BCUT2D eigenvalue weighted by Crippen LogP contribution is 2.46. The lowest BCUT2D eigenvalue weighted by atomic mass is 9.82. The molecule has 0 spiro atoms. The molecule has 2 heterocycles. The van der Waals surface area contributed by atoms with Gasteiger partial charge in [-0.15, -0.1) is 0 Å². The van der Waals surface area contributed by atoms with E-state index in [0.717, 1.165) is 37.2 Å². The van der Waals surface area contributed by atoms with Gasteiger partial charge in [0.25, 0.3) is 23.6 Å². The standard InChI is InChI=1S/C31H26N4O5/c32-10-12-33-11-1-13-34-28(37)20-6-2-16-18-4-8-22-27-23(31(40)35(14-15-36)30(22)39)9-5-19(25(18)27)17-3-7-21(29(34)38)26(20)24(16)17/h2-9,33,36H,1,10-15,32H2. The molecule has 0 aliphatic carbocycles. The second kappa shape index (κ2) is 9.06. The number of carbonyl (C=O) groups excluding carboxylic acids is 4. The molecule has 0 atom stereocenters. The van der Waals surface area contributed by atoms with Gasteiger partial charge in [-0.05, 0) is 69.5 Å². The van der Waals surface area contributed by atoms with Gasteiger partial charge in [0.15, 0.2) is 0 Å². The summed E-state index contributed by atoms with van der Waals surface area (Å²) in [5.41, 5.74) is 7.33. The topological polar surface area (TPSA) is 133 Å². The van der Waals surface area contributed by atoms with E-state index >= 15 is 0 Å². The van der Waals surface area contributed by atoms with E-state index < -0.39 is 11.8 Å². The predicted molar refractivity (Wildman–Crippen MR) is 152 cm³/mol. The first-order valence-corrected chi connectivity index (χ1v) is 13.4. The van der Waals surface area contributed by atoms with Gasteiger partial charge in [0, 0.05) is 52.7 Å². The Morgan fingerprint density at radius 3 is 1.35 bits per heavy atom. The summed E-state index contributed by atoms with van der Waals surface area (Å²) in [4.78, 5) is 56.0. The Labute approximate surface area is 228 Å². The summed E-state index contributed by atoms with van der Waals surface area (Å²) in [5.74, 6) is -1.48. The van der Waals surface area contributed by atoms with Gasteiger partial charge >= 0.3 is 0 Å². The molecule has 0 saturated heterocycles. The summed E-state index contributed by atoms with van der Waals surface area (Å²) >= 11 is 0. The molecule has 9 heteroatoms. The number of rotatable bonds is 8. The fourth-order valence-corrected chi connectivity index (χ4v) is 6.46. The second-order valence-corrected chi connectivity index (χ2v) is 10.3. The van der Waals surface area contributed by atoms with Crippen LogP contribution in [0.4, 0.5) is 0 Å². The number of carbonyl (C=O) groups is 4. The zero-order valence-electron chi connectivity index (χ0n) is 21.6. The Kier molecular flexibility index (Phi) is 5.57. The van der Waals surface area contributed by atoms with E-state index in [1.165, 1.54) is 4.90 Å². The Morgan fingerprint density at radius 2 is 0.975 bits per heavy atom. The zero-order chi connectivity index (χ0) is 27.7. The number of benzene rings is 5. The van der Waals surface area contributed by atoms with Gasteiger partial charge in [-0.1, -0.05) is 24.3 Å². The van der Waals surface area contributed by atoms with E-state index in [0.29, 0.717) is 65.6 Å². The molecule has 0 bridgehead atoms. The minimum atomic E-state index is -0.430. The van der Waals surface area contributed by atoms with E-state index in [4.69, 9.17) is 5.73 Å². The van der Waals surface area contributed by atoms with Gasteiger partial charge in [0.05, 0.1) is 13.2 Å². The molecule has 9 nitrogen and oxygen atoms in total. The summed E-state index contributed by atoms with van der Waals surface area (Å²) in [7, 11) is 0. The molecular formula is C31H26N4O5. The largest absolute Gasteiger partial charge is 0.395 e. The van der Waals surface area contributed by atoms with Gasteiger partial charge in [-0.2, -0.15) is 0 Å². The highest BCUT2D eigenvalue weighted by Gasteiger charge is 2.36. The van der Waals surface area contributed by atoms with Crippen LogP contribution in [-0.2, 0) is 0 Å². The van der Waals surface area contributed by atoms with Crippen molar-refractivity contribution in [3.63, 3.8) is 0 Å². The molecule has 5 aromatic rings. The lowest BCUT2D eigenvalue weighted by Crippen LogP contribution is -2.42. The van der Waals surface area contributed by atoms with Gasteiger partial charge in [0.1, 0.15) is 0 Å². The molecule has 7 rings (SSSR count). The molecule has 40 heavy (non-hydrogen) atoms. The second-order valence-electron chi connectivity index (χ2n) is 10.3. The number of aliphatic hydroxyl groups is 1. The van der Waals surface area contributed by atoms with E-state index in [9.17, 15) is 24.3 Å². The van der Waals surface area contributed by atoms with Crippen LogP contribution in [0.15, 0.2) is 48.5 Å². The first-order valence-electron chi connectivity index (χ1n) is 13.4. The van der Waals surface area contributed by atoms with Gasteiger partial charge in [0.2, 0.25) is 0 Å². The quantitative estimate of drug-likeness (QED) is 0.121. The number of hydrogen-bond donors (Lipinski definition) is 3. The maximum Gasteiger partial charge on any atom is 0.261 e. The SMILES string of the molecule is NCCNCCCN1C(=O)c2ccc3c4ccc5c6c(ccc(c7ccc(c2c37)C1=O)c64)C(=O)N(CCO)C5=O. The first kappa shape index (κ1) is 24.6. The molecule has 0 aromatic heterocycles. The van der Waals surface area contributed by atoms with Gasteiger partial charge in [-0.25, -0.2) is 0 Å². The summed E-state index contributed by atoms with van der Waals surface area (Å²) in [5, 5.41) is 18.9. The molecule has 200 valence electrons. The number of fused-ring (bicyclic) bond motifs is 2. The van der Waals surface area contributed by atoms with Crippen molar-refractivity contribution in [2.75, 3.05) is 39.3 Å². The van der Waals surface area contributed by atoms with Crippen molar-refractivity contribution < 1.29 is 24.3 Å². The van der Waals surface area contributed by atoms with Crippen LogP contribution in [0, 0.1) is 0 Å². The monoisotopic (exact) mass is 534 g/mol. The smallest absolute Gasteiger partial charge is 0.261 e. The van der Waals surface area contributed by atoms with Crippen molar-refractivity contribution >= 4 is 66.7 Å². The minimum absolute atomic E-state index is 0.0704. The highest BCUT2D eigenvalue weighted by atomic mass is 16.3. The zero-order valence-corrected chi connectivity index (χ0v) is 21.6. The highest BCUT2D eigenvalue weighted by molar-refractivity contribution is 6.41. The third-order valence-electron chi connectivity index (χ3n) is 8.18. The van der Waals surface area contributed by atoms with Crippen molar-refractivity contribution in [3.05, 3.63) is 70.8 Å². The van der Waals surface area contributed by atoms with Crippen LogP contribution in [0.2, 0.25) is 0 Å². The fourth-order valence-electron chi connectivity index (χ4n) is 6.46. The van der Waals surface area contributed by atoms with E-state index in [1.807, 2.05) is 24.3 Å². The molecule has 0 saturated carbocycles. The van der Waals surface area contributed by atoms with E-state index in [-0.39, 0.29) is 25.0 Å². The average molecular weight is 535 g/mol. The number of β-amino-alcohol motifs (C(OH)–C–C–N with tert-alkyl or cyclic N) is 1. The Balaban J connectivity index is 1.44. The van der Waals surface area contributed by atoms with Gasteiger partial charge < -0.3 is 16.2 Å². The summed E-state index contributed by atoms with van der Waals surface area (Å²) < 4.78 is 0. The molecule has 4 N–H and O–H groups in total. The third kappa shape index (κ3) is 3.19. The molecule has 2 aliphatic rings. The number of nitrogens with two attached hydrogens (primary N) is 1. The Morgan fingerprint density at radius 1 is 0.575 bits per heavy atom. The number of amides is 4. The van der Waals surface area contributed by atoms with Crippen molar-refractivity contribution in [2.45, 2.75) is 6.42 Å². The van der Waals surface area contributed by atoms with E-state index in [2.05, 4.69) is 5.32 Å². The number of aliphatic hydroxyl groups excluding tert-OH is 1. The molecule has 0 unspecified atom stereocenters. The van der Waals surface area contributed by atoms with Crippen LogP contribution in [0.1, 0.15) is 47.9 Å². The van der Waals surface area contributed by atoms with Crippen molar-refractivity contribution in [1.29, 1.82) is 0 Å². The maximum absolute atomic E-state index is 13.6. The van der Waals surface area contributed by atoms with Crippen molar-refractivity contribution in [1.82, 2.24) is 15.1 Å². The van der Waals surface area contributed by atoms with Crippen LogP contribution in [0.3, 0.4) is 0 Å². The molecule has 0 radical (unpaired) electrons. The molecule has 4 amide bonds. The van der Waals surface area contributed by atoms with Crippen molar-refractivity contribution in [3.8, 4) is 0 Å². The maximum atomic E-state index is 13.6. The fraction of sp³-hybridized carbons (Fsp3) is 0.226. The Bertz CT molecular complexity index is 1810. The number of nitrogens with one attached hydrogen (secondary N) is 1. The minimum Gasteiger partial charge on any atom is -0.395 e. The predicted octanol–water partition coefficient (Wildman–Crippen LogP) is 2.86. The van der Waals surface area contributed by atoms with Crippen molar-refractivity contribution in [2.24, 2.45) is 5.73 Å². The van der Waals surface area contributed by atoms with E-state index in [1.54, 1.807) is 24.3 Å². The number of hydrogen-bond acceptors (Lipinski definition) is 7. The molecule has 5 aromatic carbocycles. The normalized spacial score (nSPS) is 15.2. The number of imide groups is 2. The Hall–Kier alpha value is -4.44. The molecule has 2 aliphatic heterocycles. The summed E-state index contributed by atoms with van der Waals surface area (Å²) in [6.07, 6.45) is 0.624.